The summed E-state index contributed by atoms with van der Waals surface area (Å²) >= 11 is 3.41. The number of nitrogens with zero attached hydrogens (tertiary/aromatic N) is 7. The molecule has 168 valence electrons. The maximum Gasteiger partial charge on any atom is 0.293 e. The van der Waals surface area contributed by atoms with Crippen LogP contribution in [-0.4, -0.2) is 54.9 Å². The number of nitrogen functional groups attached to an aromatic ring is 1. The number of aromatic nitrogens is 5. The van der Waals surface area contributed by atoms with E-state index < -0.39 is 5.91 Å². The Morgan fingerprint density at radius 2 is 1.91 bits per heavy atom. The monoisotopic (exact) mass is 501 g/mol. The van der Waals surface area contributed by atoms with Crippen molar-refractivity contribution in [3.8, 4) is 5.82 Å². The molecule has 1 fully saturated rings. The van der Waals surface area contributed by atoms with E-state index in [4.69, 9.17) is 10.4 Å². The van der Waals surface area contributed by atoms with E-state index >= 15 is 0 Å². The standard InChI is InChI=1S/C20H24BrN9O2/c1-13(14-6-8-15(21)9-7-14)23-25-20(31)17-16(12-29-10-4-2-3-5-11-29)30(28-24-17)19-18(22)26-32-27-19/h6-9H,2-5,10-12H2,1H3,(H2,22,26)(H,25,31)/b23-13-. The number of benzene rings is 1. The van der Waals surface area contributed by atoms with Crippen molar-refractivity contribution >= 4 is 33.4 Å². The van der Waals surface area contributed by atoms with Crippen LogP contribution in [-0.2, 0) is 6.54 Å². The van der Waals surface area contributed by atoms with E-state index in [0.29, 0.717) is 18.0 Å². The van der Waals surface area contributed by atoms with Crippen LogP contribution in [0.4, 0.5) is 5.82 Å². The van der Waals surface area contributed by atoms with Crippen LogP contribution in [0.1, 0.15) is 54.4 Å². The smallest absolute Gasteiger partial charge is 0.293 e. The Bertz CT molecular complexity index is 1100. The summed E-state index contributed by atoms with van der Waals surface area (Å²) in [5, 5.41) is 19.9. The number of hydrogen-bond acceptors (Lipinski definition) is 9. The summed E-state index contributed by atoms with van der Waals surface area (Å²) in [5.74, 6) is -0.188. The zero-order valence-corrected chi connectivity index (χ0v) is 19.2. The van der Waals surface area contributed by atoms with Gasteiger partial charge in [0.15, 0.2) is 5.69 Å². The normalized spacial score (nSPS) is 15.5. The highest BCUT2D eigenvalue weighted by Gasteiger charge is 2.26. The van der Waals surface area contributed by atoms with Crippen LogP contribution >= 0.6 is 15.9 Å². The van der Waals surface area contributed by atoms with Crippen molar-refractivity contribution in [2.75, 3.05) is 18.8 Å². The summed E-state index contributed by atoms with van der Waals surface area (Å²) in [7, 11) is 0. The summed E-state index contributed by atoms with van der Waals surface area (Å²) in [6, 6.07) is 7.65. The summed E-state index contributed by atoms with van der Waals surface area (Å²) in [6.07, 6.45) is 4.61. The molecule has 0 saturated carbocycles. The molecule has 1 aromatic carbocycles. The summed E-state index contributed by atoms with van der Waals surface area (Å²) in [6.45, 7) is 4.15. The number of likely N-dealkylation sites (tertiary alicyclic amines) is 1. The Morgan fingerprint density at radius 1 is 1.19 bits per heavy atom. The van der Waals surface area contributed by atoms with E-state index in [0.717, 1.165) is 36.0 Å². The minimum absolute atomic E-state index is 0.0723. The van der Waals surface area contributed by atoms with Gasteiger partial charge in [-0.3, -0.25) is 9.69 Å². The molecular weight excluding hydrogens is 478 g/mol. The van der Waals surface area contributed by atoms with Gasteiger partial charge in [-0.05, 0) is 60.9 Å². The Labute approximate surface area is 193 Å². The molecule has 4 rings (SSSR count). The first-order chi connectivity index (χ1) is 15.5. The number of nitrogens with two attached hydrogens (primary N) is 1. The molecule has 0 radical (unpaired) electrons. The molecule has 3 N–H and O–H groups in total. The number of hydrazone groups is 1. The number of carbonyl (C=O) groups is 1. The first-order valence-corrected chi connectivity index (χ1v) is 11.2. The van der Waals surface area contributed by atoms with Crippen LogP contribution in [0, 0.1) is 0 Å². The topological polar surface area (TPSA) is 140 Å². The van der Waals surface area contributed by atoms with Gasteiger partial charge in [-0.25, -0.2) is 10.1 Å². The number of hydrogen-bond donors (Lipinski definition) is 2. The van der Waals surface area contributed by atoms with E-state index in [2.05, 4.69) is 52.0 Å². The fraction of sp³-hybridized carbons (Fsp3) is 0.400. The van der Waals surface area contributed by atoms with Crippen LogP contribution in [0.5, 0.6) is 0 Å². The van der Waals surface area contributed by atoms with Gasteiger partial charge in [0, 0.05) is 11.0 Å². The fourth-order valence-corrected chi connectivity index (χ4v) is 3.84. The molecule has 3 heterocycles. The van der Waals surface area contributed by atoms with Gasteiger partial charge in [0.2, 0.25) is 11.6 Å². The minimum atomic E-state index is -0.465. The van der Waals surface area contributed by atoms with Crippen LogP contribution < -0.4 is 11.2 Å². The molecule has 32 heavy (non-hydrogen) atoms. The second-order valence-corrected chi connectivity index (χ2v) is 8.52. The van der Waals surface area contributed by atoms with E-state index in [-0.39, 0.29) is 17.3 Å². The van der Waals surface area contributed by atoms with Crippen molar-refractivity contribution in [3.63, 3.8) is 0 Å². The largest absolute Gasteiger partial charge is 0.378 e. The lowest BCUT2D eigenvalue weighted by Crippen LogP contribution is -2.28. The lowest BCUT2D eigenvalue weighted by atomic mass is 10.1. The lowest BCUT2D eigenvalue weighted by molar-refractivity contribution is 0.0947. The fourth-order valence-electron chi connectivity index (χ4n) is 3.58. The third-order valence-electron chi connectivity index (χ3n) is 5.33. The molecule has 0 atom stereocenters. The number of halogens is 1. The second-order valence-electron chi connectivity index (χ2n) is 7.61. The predicted octanol–water partition coefficient (Wildman–Crippen LogP) is 2.53. The first-order valence-electron chi connectivity index (χ1n) is 10.4. The number of amides is 1. The number of anilines is 1. The Morgan fingerprint density at radius 3 is 2.56 bits per heavy atom. The minimum Gasteiger partial charge on any atom is -0.378 e. The molecule has 1 aliphatic rings. The molecule has 1 amide bonds. The SMILES string of the molecule is C/C(=N/NC(=O)c1nnn(-c2nonc2N)c1CN1CCCCCC1)c1ccc(Br)cc1. The van der Waals surface area contributed by atoms with E-state index in [9.17, 15) is 4.79 Å². The van der Waals surface area contributed by atoms with Gasteiger partial charge in [-0.2, -0.15) is 9.78 Å². The molecule has 0 aliphatic carbocycles. The van der Waals surface area contributed by atoms with Gasteiger partial charge < -0.3 is 5.73 Å². The summed E-state index contributed by atoms with van der Waals surface area (Å²) < 4.78 is 7.10. The zero-order valence-electron chi connectivity index (χ0n) is 17.7. The van der Waals surface area contributed by atoms with Gasteiger partial charge >= 0.3 is 0 Å². The Hall–Kier alpha value is -3.12. The van der Waals surface area contributed by atoms with E-state index in [1.165, 1.54) is 17.5 Å². The highest BCUT2D eigenvalue weighted by atomic mass is 79.9. The summed E-state index contributed by atoms with van der Waals surface area (Å²) in [5.41, 5.74) is 10.7. The molecule has 3 aromatic rings. The quantitative estimate of drug-likeness (QED) is 0.387. The molecule has 11 nitrogen and oxygen atoms in total. The van der Waals surface area contributed by atoms with Gasteiger partial charge in [0.05, 0.1) is 11.4 Å². The first kappa shape index (κ1) is 22.1. The highest BCUT2D eigenvalue weighted by Crippen LogP contribution is 2.20. The average molecular weight is 502 g/mol. The van der Waals surface area contributed by atoms with Gasteiger partial charge in [0.1, 0.15) is 0 Å². The maximum absolute atomic E-state index is 13.0. The van der Waals surface area contributed by atoms with Crippen molar-refractivity contribution in [3.05, 3.63) is 45.7 Å². The molecule has 0 spiro atoms. The summed E-state index contributed by atoms with van der Waals surface area (Å²) in [4.78, 5) is 15.3. The number of nitrogens with one attached hydrogen (secondary N) is 1. The van der Waals surface area contributed by atoms with Crippen LogP contribution in [0.2, 0.25) is 0 Å². The highest BCUT2D eigenvalue weighted by molar-refractivity contribution is 9.10. The lowest BCUT2D eigenvalue weighted by Gasteiger charge is -2.20. The number of carbonyl (C=O) groups excluding carboxylic acids is 1. The zero-order chi connectivity index (χ0) is 22.5. The van der Waals surface area contributed by atoms with Crippen molar-refractivity contribution in [2.45, 2.75) is 39.2 Å². The molecule has 1 saturated heterocycles. The van der Waals surface area contributed by atoms with Crippen LogP contribution in [0.25, 0.3) is 5.82 Å². The van der Waals surface area contributed by atoms with E-state index in [1.54, 1.807) is 0 Å². The van der Waals surface area contributed by atoms with Crippen molar-refractivity contribution < 1.29 is 9.42 Å². The molecule has 0 unspecified atom stereocenters. The third-order valence-corrected chi connectivity index (χ3v) is 5.86. The number of rotatable bonds is 6. The Kier molecular flexibility index (Phi) is 6.90. The van der Waals surface area contributed by atoms with Gasteiger partial charge in [0.25, 0.3) is 5.91 Å². The molecular formula is C20H24BrN9O2. The average Bonchev–Trinajstić information content (AvgIpc) is 3.30. The molecule has 1 aliphatic heterocycles. The van der Waals surface area contributed by atoms with Crippen molar-refractivity contribution in [1.29, 1.82) is 0 Å². The van der Waals surface area contributed by atoms with Crippen LogP contribution in [0.3, 0.4) is 0 Å². The third kappa shape index (κ3) is 5.02. The molecule has 2 aromatic heterocycles. The predicted molar refractivity (Wildman–Crippen MR) is 121 cm³/mol. The van der Waals surface area contributed by atoms with Gasteiger partial charge in [-0.15, -0.1) is 5.10 Å². The Balaban J connectivity index is 1.60. The maximum atomic E-state index is 13.0. The second kappa shape index (κ2) is 10.0. The van der Waals surface area contributed by atoms with Crippen LogP contribution in [0.15, 0.2) is 38.5 Å². The van der Waals surface area contributed by atoms with Gasteiger partial charge in [-0.1, -0.05) is 46.1 Å². The molecule has 12 heteroatoms. The molecule has 0 bridgehead atoms. The van der Waals surface area contributed by atoms with Crippen molar-refractivity contribution in [1.82, 2.24) is 35.6 Å². The van der Waals surface area contributed by atoms with Crippen molar-refractivity contribution in [2.24, 2.45) is 5.10 Å². The van der Waals surface area contributed by atoms with E-state index in [1.807, 2.05) is 31.2 Å².